The molecular formula is C18H21F3N2O3. The second kappa shape index (κ2) is 6.90. The van der Waals surface area contributed by atoms with Gasteiger partial charge in [-0.05, 0) is 24.5 Å². The number of amides is 2. The van der Waals surface area contributed by atoms with Gasteiger partial charge in [-0.15, -0.1) is 0 Å². The average molecular weight is 370 g/mol. The second-order valence-corrected chi connectivity index (χ2v) is 6.88. The van der Waals surface area contributed by atoms with Gasteiger partial charge in [0, 0.05) is 6.54 Å². The maximum absolute atomic E-state index is 13.3. The Morgan fingerprint density at radius 2 is 1.92 bits per heavy atom. The molecule has 1 aliphatic heterocycles. The highest BCUT2D eigenvalue weighted by Crippen LogP contribution is 2.44. The van der Waals surface area contributed by atoms with Gasteiger partial charge in [0.2, 0.25) is 11.8 Å². The zero-order chi connectivity index (χ0) is 18.9. The number of halogens is 3. The summed E-state index contributed by atoms with van der Waals surface area (Å²) in [6, 6.07) is 5.02. The molecule has 0 radical (unpaired) electrons. The molecular weight excluding hydrogens is 349 g/mol. The molecule has 2 aliphatic rings. The molecule has 3 rings (SSSR count). The van der Waals surface area contributed by atoms with Crippen LogP contribution in [0.1, 0.15) is 36.8 Å². The van der Waals surface area contributed by atoms with Crippen molar-refractivity contribution in [2.24, 2.45) is 5.73 Å². The second-order valence-electron chi connectivity index (χ2n) is 6.88. The van der Waals surface area contributed by atoms with Crippen LogP contribution in [-0.4, -0.2) is 42.5 Å². The normalized spacial score (nSPS) is 23.0. The van der Waals surface area contributed by atoms with Crippen molar-refractivity contribution in [3.05, 3.63) is 35.4 Å². The Hall–Kier alpha value is -2.09. The lowest BCUT2D eigenvalue weighted by Gasteiger charge is -2.38. The van der Waals surface area contributed by atoms with E-state index >= 15 is 0 Å². The molecule has 2 amide bonds. The van der Waals surface area contributed by atoms with Crippen molar-refractivity contribution in [1.29, 1.82) is 0 Å². The van der Waals surface area contributed by atoms with Gasteiger partial charge in [0.1, 0.15) is 0 Å². The SMILES string of the molecule is NC(=O)[C@@H]1CN(C(=O)C2(c3cccc(C(F)(F)F)c3)CCCC2)CCO1. The third kappa shape index (κ3) is 3.42. The number of carbonyl (C=O) groups excluding carboxylic acids is 2. The topological polar surface area (TPSA) is 72.6 Å². The van der Waals surface area contributed by atoms with E-state index in [1.165, 1.54) is 11.0 Å². The lowest BCUT2D eigenvalue weighted by Crippen LogP contribution is -2.55. The molecule has 0 spiro atoms. The molecule has 8 heteroatoms. The number of ether oxygens (including phenoxy) is 1. The Balaban J connectivity index is 1.93. The van der Waals surface area contributed by atoms with Gasteiger partial charge in [-0.1, -0.05) is 31.0 Å². The number of nitrogens with zero attached hydrogens (tertiary/aromatic N) is 1. The predicted molar refractivity (Wildman–Crippen MR) is 87.1 cm³/mol. The first-order chi connectivity index (χ1) is 12.2. The van der Waals surface area contributed by atoms with Gasteiger partial charge in [-0.25, -0.2) is 0 Å². The van der Waals surface area contributed by atoms with E-state index in [1.54, 1.807) is 6.07 Å². The Kier molecular flexibility index (Phi) is 4.96. The minimum atomic E-state index is -4.46. The Morgan fingerprint density at radius 1 is 1.23 bits per heavy atom. The fourth-order valence-corrected chi connectivity index (χ4v) is 3.91. The molecule has 1 aliphatic carbocycles. The van der Waals surface area contributed by atoms with Crippen LogP contribution < -0.4 is 5.73 Å². The minimum absolute atomic E-state index is 0.0366. The van der Waals surface area contributed by atoms with Gasteiger partial charge in [0.25, 0.3) is 0 Å². The van der Waals surface area contributed by atoms with Gasteiger partial charge >= 0.3 is 6.18 Å². The molecule has 1 heterocycles. The number of alkyl halides is 3. The summed E-state index contributed by atoms with van der Waals surface area (Å²) in [7, 11) is 0. The number of morpholine rings is 1. The highest BCUT2D eigenvalue weighted by atomic mass is 19.4. The number of nitrogens with two attached hydrogens (primary N) is 1. The highest BCUT2D eigenvalue weighted by molar-refractivity contribution is 5.89. The Bertz CT molecular complexity index is 699. The van der Waals surface area contributed by atoms with E-state index in [0.29, 0.717) is 24.9 Å². The van der Waals surface area contributed by atoms with Crippen molar-refractivity contribution in [1.82, 2.24) is 4.90 Å². The first-order valence-corrected chi connectivity index (χ1v) is 8.62. The Labute approximate surface area is 149 Å². The van der Waals surface area contributed by atoms with Gasteiger partial charge in [0.15, 0.2) is 6.10 Å². The molecule has 0 bridgehead atoms. The fraction of sp³-hybridized carbons (Fsp3) is 0.556. The first kappa shape index (κ1) is 18.7. The van der Waals surface area contributed by atoms with Crippen LogP contribution >= 0.6 is 0 Å². The fourth-order valence-electron chi connectivity index (χ4n) is 3.91. The summed E-state index contributed by atoms with van der Waals surface area (Å²) in [6.45, 7) is 0.510. The van der Waals surface area contributed by atoms with Gasteiger partial charge in [-0.3, -0.25) is 9.59 Å². The summed E-state index contributed by atoms with van der Waals surface area (Å²) in [5.41, 5.74) is 3.91. The zero-order valence-corrected chi connectivity index (χ0v) is 14.2. The van der Waals surface area contributed by atoms with Crippen LogP contribution in [0.3, 0.4) is 0 Å². The van der Waals surface area contributed by atoms with Gasteiger partial charge < -0.3 is 15.4 Å². The average Bonchev–Trinajstić information content (AvgIpc) is 3.11. The molecule has 1 saturated carbocycles. The van der Waals surface area contributed by atoms with E-state index in [4.69, 9.17) is 10.5 Å². The predicted octanol–water partition coefficient (Wildman–Crippen LogP) is 2.23. The van der Waals surface area contributed by atoms with Gasteiger partial charge in [-0.2, -0.15) is 13.2 Å². The molecule has 142 valence electrons. The lowest BCUT2D eigenvalue weighted by molar-refractivity contribution is -0.150. The monoisotopic (exact) mass is 370 g/mol. The summed E-state index contributed by atoms with van der Waals surface area (Å²) in [4.78, 5) is 26.2. The lowest BCUT2D eigenvalue weighted by atomic mass is 9.76. The molecule has 0 aromatic heterocycles. The van der Waals surface area contributed by atoms with Crippen LogP contribution in [0.5, 0.6) is 0 Å². The molecule has 1 aromatic carbocycles. The minimum Gasteiger partial charge on any atom is -0.367 e. The van der Waals surface area contributed by atoms with Crippen LogP contribution in [0.15, 0.2) is 24.3 Å². The number of benzene rings is 1. The van der Waals surface area contributed by atoms with Crippen molar-refractivity contribution in [3.8, 4) is 0 Å². The molecule has 5 nitrogen and oxygen atoms in total. The summed E-state index contributed by atoms with van der Waals surface area (Å²) in [6.07, 6.45) is -2.82. The molecule has 1 aromatic rings. The van der Waals surface area contributed by atoms with Crippen LogP contribution in [-0.2, 0) is 25.9 Å². The first-order valence-electron chi connectivity index (χ1n) is 8.62. The third-order valence-corrected chi connectivity index (χ3v) is 5.28. The van der Waals surface area contributed by atoms with E-state index in [1.807, 2.05) is 0 Å². The van der Waals surface area contributed by atoms with E-state index in [-0.39, 0.29) is 19.1 Å². The van der Waals surface area contributed by atoms with E-state index in [0.717, 1.165) is 25.0 Å². The quantitative estimate of drug-likeness (QED) is 0.887. The molecule has 0 unspecified atom stereocenters. The standard InChI is InChI=1S/C18H21F3N2O3/c19-18(20,21)13-5-3-4-12(10-13)17(6-1-2-7-17)16(25)23-8-9-26-14(11-23)15(22)24/h3-5,10,14H,1-2,6-9,11H2,(H2,22,24)/t14-/m0/s1. The zero-order valence-electron chi connectivity index (χ0n) is 14.2. The van der Waals surface area contributed by atoms with Crippen molar-refractivity contribution >= 4 is 11.8 Å². The number of primary amides is 1. The summed E-state index contributed by atoms with van der Waals surface area (Å²) < 4.78 is 44.6. The summed E-state index contributed by atoms with van der Waals surface area (Å²) in [5, 5.41) is 0. The number of hydrogen-bond donors (Lipinski definition) is 1. The van der Waals surface area contributed by atoms with E-state index in [2.05, 4.69) is 0 Å². The van der Waals surface area contributed by atoms with Crippen molar-refractivity contribution < 1.29 is 27.5 Å². The largest absolute Gasteiger partial charge is 0.416 e. The third-order valence-electron chi connectivity index (χ3n) is 5.28. The van der Waals surface area contributed by atoms with Gasteiger partial charge in [0.05, 0.1) is 24.1 Å². The molecule has 2 N–H and O–H groups in total. The molecule has 1 atom stereocenters. The van der Waals surface area contributed by atoms with Crippen LogP contribution in [0.2, 0.25) is 0 Å². The molecule has 2 fully saturated rings. The molecule has 1 saturated heterocycles. The van der Waals surface area contributed by atoms with E-state index in [9.17, 15) is 22.8 Å². The highest BCUT2D eigenvalue weighted by Gasteiger charge is 2.47. The molecule has 26 heavy (non-hydrogen) atoms. The van der Waals surface area contributed by atoms with Crippen molar-refractivity contribution in [3.63, 3.8) is 0 Å². The summed E-state index contributed by atoms with van der Waals surface area (Å²) in [5.74, 6) is -0.897. The van der Waals surface area contributed by atoms with Crippen LogP contribution in [0, 0.1) is 0 Å². The number of rotatable bonds is 3. The van der Waals surface area contributed by atoms with E-state index < -0.39 is 29.2 Å². The van der Waals surface area contributed by atoms with Crippen molar-refractivity contribution in [2.75, 3.05) is 19.7 Å². The maximum atomic E-state index is 13.3. The van der Waals surface area contributed by atoms with Crippen LogP contribution in [0.4, 0.5) is 13.2 Å². The number of carbonyl (C=O) groups is 2. The van der Waals surface area contributed by atoms with Crippen LogP contribution in [0.25, 0.3) is 0 Å². The summed E-state index contributed by atoms with van der Waals surface area (Å²) >= 11 is 0. The maximum Gasteiger partial charge on any atom is 0.416 e. The number of hydrogen-bond acceptors (Lipinski definition) is 3. The van der Waals surface area contributed by atoms with Crippen molar-refractivity contribution in [2.45, 2.75) is 43.4 Å². The Morgan fingerprint density at radius 3 is 2.54 bits per heavy atom. The smallest absolute Gasteiger partial charge is 0.367 e.